The van der Waals surface area contributed by atoms with Gasteiger partial charge in [0.25, 0.3) is 0 Å². The SMILES string of the molecule is CCOCCCC(=O)NCCCCCCO. The minimum absolute atomic E-state index is 0.113. The Morgan fingerprint density at radius 3 is 2.62 bits per heavy atom. The fraction of sp³-hybridized carbons (Fsp3) is 0.917. The number of hydrogen-bond acceptors (Lipinski definition) is 3. The fourth-order valence-electron chi connectivity index (χ4n) is 1.39. The van der Waals surface area contributed by atoms with Gasteiger partial charge in [0, 0.05) is 32.8 Å². The summed E-state index contributed by atoms with van der Waals surface area (Å²) in [6, 6.07) is 0. The third-order valence-corrected chi connectivity index (χ3v) is 2.30. The van der Waals surface area contributed by atoms with Crippen molar-refractivity contribution in [3.63, 3.8) is 0 Å². The largest absolute Gasteiger partial charge is 0.396 e. The van der Waals surface area contributed by atoms with Gasteiger partial charge in [-0.05, 0) is 26.2 Å². The van der Waals surface area contributed by atoms with Gasteiger partial charge in [0.2, 0.25) is 5.91 Å². The molecule has 4 heteroatoms. The Hall–Kier alpha value is -0.610. The maximum Gasteiger partial charge on any atom is 0.220 e. The van der Waals surface area contributed by atoms with Crippen LogP contribution in [0.15, 0.2) is 0 Å². The molecule has 0 bridgehead atoms. The molecule has 1 amide bonds. The van der Waals surface area contributed by atoms with Gasteiger partial charge in [0.05, 0.1) is 0 Å². The standard InChI is InChI=1S/C12H25NO3/c1-2-16-11-7-8-12(15)13-9-5-3-4-6-10-14/h14H,2-11H2,1H3,(H,13,15). The number of carbonyl (C=O) groups excluding carboxylic acids is 1. The molecule has 4 nitrogen and oxygen atoms in total. The zero-order chi connectivity index (χ0) is 12.1. The molecule has 0 aliphatic rings. The summed E-state index contributed by atoms with van der Waals surface area (Å²) in [4.78, 5) is 11.3. The Labute approximate surface area is 98.4 Å². The first-order valence-corrected chi connectivity index (χ1v) is 6.26. The second-order valence-corrected chi connectivity index (χ2v) is 3.79. The molecule has 0 aromatic heterocycles. The minimum atomic E-state index is 0.113. The van der Waals surface area contributed by atoms with Crippen molar-refractivity contribution in [2.45, 2.75) is 45.4 Å². The number of unbranched alkanes of at least 4 members (excludes halogenated alkanes) is 3. The van der Waals surface area contributed by atoms with Gasteiger partial charge in [-0.15, -0.1) is 0 Å². The predicted molar refractivity (Wildman–Crippen MR) is 64.3 cm³/mol. The third kappa shape index (κ3) is 11.5. The van der Waals surface area contributed by atoms with Crippen LogP contribution in [-0.2, 0) is 9.53 Å². The molecule has 0 aliphatic carbocycles. The van der Waals surface area contributed by atoms with Crippen LogP contribution in [0, 0.1) is 0 Å². The van der Waals surface area contributed by atoms with Crippen molar-refractivity contribution in [3.05, 3.63) is 0 Å². The van der Waals surface area contributed by atoms with Crippen molar-refractivity contribution in [1.29, 1.82) is 0 Å². The third-order valence-electron chi connectivity index (χ3n) is 2.30. The van der Waals surface area contributed by atoms with Crippen LogP contribution in [-0.4, -0.2) is 37.4 Å². The van der Waals surface area contributed by atoms with Crippen LogP contribution < -0.4 is 5.32 Å². The van der Waals surface area contributed by atoms with Crippen LogP contribution in [0.3, 0.4) is 0 Å². The van der Waals surface area contributed by atoms with Crippen molar-refractivity contribution < 1.29 is 14.6 Å². The summed E-state index contributed by atoms with van der Waals surface area (Å²) in [5, 5.41) is 11.4. The summed E-state index contributed by atoms with van der Waals surface area (Å²) < 4.78 is 5.15. The molecule has 0 fully saturated rings. The average Bonchev–Trinajstić information content (AvgIpc) is 2.29. The Bertz CT molecular complexity index is 162. The lowest BCUT2D eigenvalue weighted by Gasteiger charge is -2.05. The molecule has 0 saturated heterocycles. The maximum absolute atomic E-state index is 11.3. The number of carbonyl (C=O) groups is 1. The lowest BCUT2D eigenvalue weighted by atomic mass is 10.2. The number of nitrogens with one attached hydrogen (secondary N) is 1. The summed E-state index contributed by atoms with van der Waals surface area (Å²) in [5.74, 6) is 0.113. The molecule has 0 aliphatic heterocycles. The number of aliphatic hydroxyl groups excluding tert-OH is 1. The van der Waals surface area contributed by atoms with Crippen molar-refractivity contribution in [2.75, 3.05) is 26.4 Å². The first-order valence-electron chi connectivity index (χ1n) is 6.26. The van der Waals surface area contributed by atoms with E-state index in [2.05, 4.69) is 5.32 Å². The smallest absolute Gasteiger partial charge is 0.220 e. The zero-order valence-electron chi connectivity index (χ0n) is 10.3. The van der Waals surface area contributed by atoms with E-state index in [-0.39, 0.29) is 12.5 Å². The van der Waals surface area contributed by atoms with Crippen LogP contribution in [0.2, 0.25) is 0 Å². The van der Waals surface area contributed by atoms with E-state index in [1.165, 1.54) is 0 Å². The van der Waals surface area contributed by atoms with Gasteiger partial charge in [0.15, 0.2) is 0 Å². The lowest BCUT2D eigenvalue weighted by Crippen LogP contribution is -2.24. The predicted octanol–water partition coefficient (Wildman–Crippen LogP) is 1.47. The molecule has 0 spiro atoms. The molecule has 0 aromatic rings. The van der Waals surface area contributed by atoms with Gasteiger partial charge in [-0.3, -0.25) is 4.79 Å². The molecule has 0 rings (SSSR count). The van der Waals surface area contributed by atoms with Crippen molar-refractivity contribution in [2.24, 2.45) is 0 Å². The van der Waals surface area contributed by atoms with Crippen LogP contribution >= 0.6 is 0 Å². The van der Waals surface area contributed by atoms with Gasteiger partial charge < -0.3 is 15.2 Å². The van der Waals surface area contributed by atoms with Crippen LogP contribution in [0.5, 0.6) is 0 Å². The summed E-state index contributed by atoms with van der Waals surface area (Å²) >= 11 is 0. The fourth-order valence-corrected chi connectivity index (χ4v) is 1.39. The highest BCUT2D eigenvalue weighted by Gasteiger charge is 1.99. The first-order chi connectivity index (χ1) is 7.81. The molecule has 0 aromatic carbocycles. The summed E-state index contributed by atoms with van der Waals surface area (Å²) in [7, 11) is 0. The van der Waals surface area contributed by atoms with Crippen LogP contribution in [0.25, 0.3) is 0 Å². The highest BCUT2D eigenvalue weighted by molar-refractivity contribution is 5.75. The number of rotatable bonds is 11. The first kappa shape index (κ1) is 15.4. The highest BCUT2D eigenvalue weighted by atomic mass is 16.5. The highest BCUT2D eigenvalue weighted by Crippen LogP contribution is 1.98. The quantitative estimate of drug-likeness (QED) is 0.529. The van der Waals surface area contributed by atoms with Gasteiger partial charge in [-0.25, -0.2) is 0 Å². The van der Waals surface area contributed by atoms with E-state index in [1.54, 1.807) is 0 Å². The molecule has 16 heavy (non-hydrogen) atoms. The molecule has 96 valence electrons. The second-order valence-electron chi connectivity index (χ2n) is 3.79. The van der Waals surface area contributed by atoms with Gasteiger partial charge in [-0.1, -0.05) is 12.8 Å². The van der Waals surface area contributed by atoms with E-state index in [0.717, 1.165) is 38.6 Å². The average molecular weight is 231 g/mol. The molecule has 0 saturated carbocycles. The molecule has 0 unspecified atom stereocenters. The summed E-state index contributed by atoms with van der Waals surface area (Å²) in [6.45, 7) is 4.35. The maximum atomic E-state index is 11.3. The molecular formula is C12H25NO3. The number of amides is 1. The molecule has 2 N–H and O–H groups in total. The number of ether oxygens (including phenoxy) is 1. The summed E-state index contributed by atoms with van der Waals surface area (Å²) in [5.41, 5.74) is 0. The molecule has 0 heterocycles. The van der Waals surface area contributed by atoms with E-state index in [1.807, 2.05) is 6.92 Å². The molecular weight excluding hydrogens is 206 g/mol. The second kappa shape index (κ2) is 12.5. The van der Waals surface area contributed by atoms with E-state index >= 15 is 0 Å². The van der Waals surface area contributed by atoms with E-state index < -0.39 is 0 Å². The van der Waals surface area contributed by atoms with E-state index in [0.29, 0.717) is 19.6 Å². The van der Waals surface area contributed by atoms with Crippen molar-refractivity contribution in [1.82, 2.24) is 5.32 Å². The monoisotopic (exact) mass is 231 g/mol. The van der Waals surface area contributed by atoms with Crippen LogP contribution in [0.1, 0.15) is 45.4 Å². The van der Waals surface area contributed by atoms with Crippen molar-refractivity contribution in [3.8, 4) is 0 Å². The lowest BCUT2D eigenvalue weighted by molar-refractivity contribution is -0.121. The minimum Gasteiger partial charge on any atom is -0.396 e. The van der Waals surface area contributed by atoms with Crippen LogP contribution in [0.4, 0.5) is 0 Å². The van der Waals surface area contributed by atoms with Gasteiger partial charge in [0.1, 0.15) is 0 Å². The zero-order valence-corrected chi connectivity index (χ0v) is 10.3. The Kier molecular flexibility index (Phi) is 12.0. The van der Waals surface area contributed by atoms with E-state index in [4.69, 9.17) is 9.84 Å². The van der Waals surface area contributed by atoms with E-state index in [9.17, 15) is 4.79 Å². The topological polar surface area (TPSA) is 58.6 Å². The Morgan fingerprint density at radius 1 is 1.19 bits per heavy atom. The molecule has 0 radical (unpaired) electrons. The molecule has 0 atom stereocenters. The summed E-state index contributed by atoms with van der Waals surface area (Å²) in [6.07, 6.45) is 5.32. The Morgan fingerprint density at radius 2 is 1.94 bits per heavy atom. The van der Waals surface area contributed by atoms with Crippen molar-refractivity contribution >= 4 is 5.91 Å². The number of hydrogen-bond donors (Lipinski definition) is 2. The van der Waals surface area contributed by atoms with Gasteiger partial charge in [-0.2, -0.15) is 0 Å². The van der Waals surface area contributed by atoms with Gasteiger partial charge >= 0.3 is 0 Å². The normalized spacial score (nSPS) is 10.4. The Balaban J connectivity index is 3.11. The number of aliphatic hydroxyl groups is 1.